The summed E-state index contributed by atoms with van der Waals surface area (Å²) in [5, 5.41) is 0. The molecule has 0 saturated carbocycles. The molecule has 0 aromatic heterocycles. The van der Waals surface area contributed by atoms with Gasteiger partial charge in [-0.05, 0) is 19.1 Å². The monoisotopic (exact) mass is 180 g/mol. The molecule has 3 nitrogen and oxygen atoms in total. The third-order valence-corrected chi connectivity index (χ3v) is 1.38. The Kier molecular flexibility index (Phi) is 2.74. The lowest BCUT2D eigenvalue weighted by Crippen LogP contribution is -2.10. The van der Waals surface area contributed by atoms with Gasteiger partial charge in [-0.1, -0.05) is 12.1 Å². The standard InChI is InChI=1S/C9H9FN2O/c1-6(11)12-9(13)7-4-2-3-5-8(7)10/h2-5H,1H3,(H2,11,12,13). The molecule has 0 aliphatic heterocycles. The maximum atomic E-state index is 13.0. The summed E-state index contributed by atoms with van der Waals surface area (Å²) in [6.45, 7) is 1.47. The van der Waals surface area contributed by atoms with Crippen molar-refractivity contribution < 1.29 is 9.18 Å². The van der Waals surface area contributed by atoms with E-state index in [9.17, 15) is 9.18 Å². The molecule has 0 aliphatic rings. The summed E-state index contributed by atoms with van der Waals surface area (Å²) in [5.74, 6) is -1.12. The summed E-state index contributed by atoms with van der Waals surface area (Å²) >= 11 is 0. The highest BCUT2D eigenvalue weighted by molar-refractivity contribution is 6.02. The summed E-state index contributed by atoms with van der Waals surface area (Å²) in [5.41, 5.74) is 5.12. The molecule has 4 heteroatoms. The number of carbonyl (C=O) groups excluding carboxylic acids is 1. The van der Waals surface area contributed by atoms with Crippen LogP contribution < -0.4 is 5.73 Å². The van der Waals surface area contributed by atoms with Crippen LogP contribution in [0.5, 0.6) is 0 Å². The van der Waals surface area contributed by atoms with Crippen LogP contribution in [0.25, 0.3) is 0 Å². The summed E-state index contributed by atoms with van der Waals surface area (Å²) in [4.78, 5) is 14.6. The van der Waals surface area contributed by atoms with E-state index in [2.05, 4.69) is 4.99 Å². The Morgan fingerprint density at radius 2 is 2.08 bits per heavy atom. The molecule has 0 spiro atoms. The van der Waals surface area contributed by atoms with Gasteiger partial charge in [-0.2, -0.15) is 4.99 Å². The van der Waals surface area contributed by atoms with Crippen LogP contribution in [0.2, 0.25) is 0 Å². The molecule has 68 valence electrons. The average Bonchev–Trinajstić information content (AvgIpc) is 2.03. The van der Waals surface area contributed by atoms with Gasteiger partial charge in [0.1, 0.15) is 11.7 Å². The van der Waals surface area contributed by atoms with E-state index in [4.69, 9.17) is 5.73 Å². The normalized spacial score (nSPS) is 11.4. The number of hydrogen-bond donors (Lipinski definition) is 1. The number of halogens is 1. The molecular weight excluding hydrogens is 171 g/mol. The first kappa shape index (κ1) is 9.38. The average molecular weight is 180 g/mol. The first-order valence-corrected chi connectivity index (χ1v) is 3.71. The van der Waals surface area contributed by atoms with Crippen LogP contribution in [-0.4, -0.2) is 11.7 Å². The van der Waals surface area contributed by atoms with Crippen molar-refractivity contribution >= 4 is 11.7 Å². The molecule has 1 rings (SSSR count). The van der Waals surface area contributed by atoms with Gasteiger partial charge in [0.05, 0.1) is 5.56 Å². The number of amidine groups is 1. The van der Waals surface area contributed by atoms with Gasteiger partial charge in [0.2, 0.25) is 0 Å². The van der Waals surface area contributed by atoms with Crippen LogP contribution in [0, 0.1) is 5.82 Å². The summed E-state index contributed by atoms with van der Waals surface area (Å²) < 4.78 is 13.0. The predicted molar refractivity (Wildman–Crippen MR) is 48.0 cm³/mol. The van der Waals surface area contributed by atoms with Gasteiger partial charge in [-0.25, -0.2) is 4.39 Å². The first-order valence-electron chi connectivity index (χ1n) is 3.71. The van der Waals surface area contributed by atoms with Crippen molar-refractivity contribution in [3.05, 3.63) is 35.6 Å². The Balaban J connectivity index is 3.03. The lowest BCUT2D eigenvalue weighted by Gasteiger charge is -1.96. The van der Waals surface area contributed by atoms with E-state index in [0.29, 0.717) is 0 Å². The topological polar surface area (TPSA) is 55.4 Å². The van der Waals surface area contributed by atoms with Gasteiger partial charge in [-0.3, -0.25) is 4.79 Å². The second-order valence-corrected chi connectivity index (χ2v) is 2.54. The molecule has 2 N–H and O–H groups in total. The predicted octanol–water partition coefficient (Wildman–Crippen LogP) is 1.34. The lowest BCUT2D eigenvalue weighted by atomic mass is 10.2. The molecule has 0 heterocycles. The molecule has 0 atom stereocenters. The van der Waals surface area contributed by atoms with Crippen molar-refractivity contribution in [3.8, 4) is 0 Å². The number of nitrogens with zero attached hydrogens (tertiary/aromatic N) is 1. The summed E-state index contributed by atoms with van der Waals surface area (Å²) in [7, 11) is 0. The number of amides is 1. The molecule has 0 bridgehead atoms. The Morgan fingerprint density at radius 1 is 1.46 bits per heavy atom. The van der Waals surface area contributed by atoms with Crippen molar-refractivity contribution in [1.82, 2.24) is 0 Å². The van der Waals surface area contributed by atoms with E-state index in [1.807, 2.05) is 0 Å². The molecule has 1 aromatic carbocycles. The molecule has 0 saturated heterocycles. The number of carbonyl (C=O) groups is 1. The second kappa shape index (κ2) is 3.80. The Morgan fingerprint density at radius 3 is 2.62 bits per heavy atom. The summed E-state index contributed by atoms with van der Waals surface area (Å²) in [6, 6.07) is 5.64. The third kappa shape index (κ3) is 2.37. The van der Waals surface area contributed by atoms with E-state index in [1.54, 1.807) is 6.07 Å². The Labute approximate surface area is 75.1 Å². The lowest BCUT2D eigenvalue weighted by molar-refractivity contribution is 0.0999. The van der Waals surface area contributed by atoms with Gasteiger partial charge >= 0.3 is 0 Å². The maximum Gasteiger partial charge on any atom is 0.281 e. The fourth-order valence-electron chi connectivity index (χ4n) is 0.855. The van der Waals surface area contributed by atoms with Crippen LogP contribution in [0.1, 0.15) is 17.3 Å². The third-order valence-electron chi connectivity index (χ3n) is 1.38. The molecule has 0 radical (unpaired) electrons. The SMILES string of the molecule is CC(N)=NC(=O)c1ccccc1F. The van der Waals surface area contributed by atoms with Crippen LogP contribution >= 0.6 is 0 Å². The van der Waals surface area contributed by atoms with Crippen molar-refractivity contribution in [2.45, 2.75) is 6.92 Å². The highest BCUT2D eigenvalue weighted by Crippen LogP contribution is 2.07. The number of benzene rings is 1. The van der Waals surface area contributed by atoms with E-state index in [-0.39, 0.29) is 11.4 Å². The van der Waals surface area contributed by atoms with Gasteiger partial charge in [0.25, 0.3) is 5.91 Å². The second-order valence-electron chi connectivity index (χ2n) is 2.54. The van der Waals surface area contributed by atoms with Crippen LogP contribution in [-0.2, 0) is 0 Å². The zero-order chi connectivity index (χ0) is 9.84. The molecule has 0 aliphatic carbocycles. The van der Waals surface area contributed by atoms with Gasteiger partial charge in [0, 0.05) is 0 Å². The minimum Gasteiger partial charge on any atom is -0.387 e. The molecular formula is C9H9FN2O. The van der Waals surface area contributed by atoms with Gasteiger partial charge in [-0.15, -0.1) is 0 Å². The molecule has 0 unspecified atom stereocenters. The number of rotatable bonds is 1. The largest absolute Gasteiger partial charge is 0.387 e. The van der Waals surface area contributed by atoms with Gasteiger partial charge < -0.3 is 5.73 Å². The van der Waals surface area contributed by atoms with Gasteiger partial charge in [0.15, 0.2) is 0 Å². The molecule has 1 amide bonds. The highest BCUT2D eigenvalue weighted by Gasteiger charge is 2.08. The molecule has 13 heavy (non-hydrogen) atoms. The summed E-state index contributed by atoms with van der Waals surface area (Å²) in [6.07, 6.45) is 0. The smallest absolute Gasteiger partial charge is 0.281 e. The zero-order valence-corrected chi connectivity index (χ0v) is 7.12. The first-order chi connectivity index (χ1) is 6.11. The fourth-order valence-corrected chi connectivity index (χ4v) is 0.855. The van der Waals surface area contributed by atoms with E-state index < -0.39 is 11.7 Å². The van der Waals surface area contributed by atoms with Crippen LogP contribution in [0.3, 0.4) is 0 Å². The van der Waals surface area contributed by atoms with Crippen molar-refractivity contribution in [2.24, 2.45) is 10.7 Å². The number of nitrogens with two attached hydrogens (primary N) is 1. The highest BCUT2D eigenvalue weighted by atomic mass is 19.1. The fraction of sp³-hybridized carbons (Fsp3) is 0.111. The Bertz CT molecular complexity index is 356. The number of hydrogen-bond acceptors (Lipinski definition) is 1. The van der Waals surface area contributed by atoms with Crippen molar-refractivity contribution in [2.75, 3.05) is 0 Å². The van der Waals surface area contributed by atoms with Crippen molar-refractivity contribution in [1.29, 1.82) is 0 Å². The quantitative estimate of drug-likeness (QED) is 0.523. The Hall–Kier alpha value is -1.71. The molecule has 0 fully saturated rings. The maximum absolute atomic E-state index is 13.0. The molecule has 1 aromatic rings. The van der Waals surface area contributed by atoms with E-state index >= 15 is 0 Å². The van der Waals surface area contributed by atoms with Crippen molar-refractivity contribution in [3.63, 3.8) is 0 Å². The van der Waals surface area contributed by atoms with Crippen LogP contribution in [0.15, 0.2) is 29.3 Å². The minimum absolute atomic E-state index is 0.0627. The van der Waals surface area contributed by atoms with E-state index in [1.165, 1.54) is 25.1 Å². The van der Waals surface area contributed by atoms with Crippen LogP contribution in [0.4, 0.5) is 4.39 Å². The van der Waals surface area contributed by atoms with E-state index in [0.717, 1.165) is 0 Å². The minimum atomic E-state index is -0.655. The zero-order valence-electron chi connectivity index (χ0n) is 7.12. The number of aliphatic imine (C=N–C) groups is 1.